The highest BCUT2D eigenvalue weighted by Gasteiger charge is 2.12. The highest BCUT2D eigenvalue weighted by molar-refractivity contribution is 5.85. The predicted octanol–water partition coefficient (Wildman–Crippen LogP) is 1.36. The lowest BCUT2D eigenvalue weighted by Crippen LogP contribution is -2.32. The van der Waals surface area contributed by atoms with Gasteiger partial charge in [-0.15, -0.1) is 24.8 Å². The molecule has 1 aromatic heterocycles. The topological polar surface area (TPSA) is 92.0 Å². The Kier molecular flexibility index (Phi) is 5.95. The van der Waals surface area contributed by atoms with Crippen molar-refractivity contribution in [1.82, 2.24) is 9.97 Å². The number of carboxylic acids is 1. The first-order valence-corrected chi connectivity index (χ1v) is 4.57. The molecule has 0 aliphatic rings. The van der Waals surface area contributed by atoms with E-state index in [9.17, 15) is 4.79 Å². The summed E-state index contributed by atoms with van der Waals surface area (Å²) in [5.41, 5.74) is 8.09. The molecule has 7 heteroatoms. The van der Waals surface area contributed by atoms with Gasteiger partial charge in [0.1, 0.15) is 6.04 Å². The van der Waals surface area contributed by atoms with Crippen molar-refractivity contribution >= 4 is 41.8 Å². The molecule has 17 heavy (non-hydrogen) atoms. The van der Waals surface area contributed by atoms with Gasteiger partial charge in [-0.2, -0.15) is 0 Å². The number of nitrogens with one attached hydrogen (secondary N) is 1. The van der Waals surface area contributed by atoms with Crippen molar-refractivity contribution < 1.29 is 9.90 Å². The van der Waals surface area contributed by atoms with Crippen LogP contribution < -0.4 is 5.73 Å². The number of hydrogen-bond acceptors (Lipinski definition) is 3. The number of aromatic amines is 1. The van der Waals surface area contributed by atoms with Crippen molar-refractivity contribution in [2.75, 3.05) is 0 Å². The third-order valence-electron chi connectivity index (χ3n) is 2.26. The minimum Gasteiger partial charge on any atom is -0.480 e. The molecule has 0 saturated heterocycles. The van der Waals surface area contributed by atoms with Crippen molar-refractivity contribution in [3.05, 3.63) is 30.1 Å². The summed E-state index contributed by atoms with van der Waals surface area (Å²) >= 11 is 0. The number of hydrogen-bond donors (Lipinski definition) is 3. The van der Waals surface area contributed by atoms with E-state index in [0.29, 0.717) is 6.42 Å². The first-order chi connectivity index (χ1) is 7.16. The minimum absolute atomic E-state index is 0. The SMILES string of the molecule is Cl.Cl.NC(Cc1ccc2nc[nH]c2c1)C(=O)O. The van der Waals surface area contributed by atoms with Crippen LogP contribution in [-0.4, -0.2) is 27.1 Å². The summed E-state index contributed by atoms with van der Waals surface area (Å²) in [5, 5.41) is 8.67. The van der Waals surface area contributed by atoms with Crippen molar-refractivity contribution in [1.29, 1.82) is 0 Å². The Morgan fingerprint density at radius 1 is 1.47 bits per heavy atom. The highest BCUT2D eigenvalue weighted by Crippen LogP contribution is 2.12. The first-order valence-electron chi connectivity index (χ1n) is 4.57. The number of imidazole rings is 1. The number of nitrogens with zero attached hydrogens (tertiary/aromatic N) is 1. The average molecular weight is 278 g/mol. The van der Waals surface area contributed by atoms with Gasteiger partial charge in [0.15, 0.2) is 0 Å². The molecule has 0 amide bonds. The van der Waals surface area contributed by atoms with Gasteiger partial charge < -0.3 is 15.8 Å². The standard InChI is InChI=1S/C10H11N3O2.2ClH/c11-7(10(14)15)3-6-1-2-8-9(4-6)13-5-12-8;;/h1-2,4-5,7H,3,11H2,(H,12,13)(H,14,15);2*1H. The quantitative estimate of drug-likeness (QED) is 0.790. The second-order valence-corrected chi connectivity index (χ2v) is 3.40. The van der Waals surface area contributed by atoms with Crippen LogP contribution >= 0.6 is 24.8 Å². The normalized spacial score (nSPS) is 11.4. The number of H-pyrrole nitrogens is 1. The van der Waals surface area contributed by atoms with Gasteiger partial charge in [0.05, 0.1) is 17.4 Å². The number of aromatic nitrogens is 2. The van der Waals surface area contributed by atoms with E-state index < -0.39 is 12.0 Å². The third-order valence-corrected chi connectivity index (χ3v) is 2.26. The number of benzene rings is 1. The monoisotopic (exact) mass is 277 g/mol. The van der Waals surface area contributed by atoms with E-state index >= 15 is 0 Å². The Bertz CT molecular complexity index is 501. The van der Waals surface area contributed by atoms with Crippen molar-refractivity contribution in [3.63, 3.8) is 0 Å². The highest BCUT2D eigenvalue weighted by atomic mass is 35.5. The van der Waals surface area contributed by atoms with Gasteiger partial charge in [0, 0.05) is 0 Å². The molecule has 0 spiro atoms. The van der Waals surface area contributed by atoms with Crippen LogP contribution in [0.5, 0.6) is 0 Å². The van der Waals surface area contributed by atoms with Crippen molar-refractivity contribution in [2.45, 2.75) is 12.5 Å². The lowest BCUT2D eigenvalue weighted by Gasteiger charge is -2.05. The Morgan fingerprint density at radius 3 is 2.82 bits per heavy atom. The fraction of sp³-hybridized carbons (Fsp3) is 0.200. The molecule has 94 valence electrons. The zero-order valence-electron chi connectivity index (χ0n) is 8.79. The predicted molar refractivity (Wildman–Crippen MR) is 69.9 cm³/mol. The van der Waals surface area contributed by atoms with Crippen LogP contribution in [0.1, 0.15) is 5.56 Å². The summed E-state index contributed by atoms with van der Waals surface area (Å²) in [5.74, 6) is -0.986. The average Bonchev–Trinajstić information content (AvgIpc) is 2.64. The number of halogens is 2. The lowest BCUT2D eigenvalue weighted by atomic mass is 10.1. The number of carboxylic acid groups (broad SMARTS) is 1. The van der Waals surface area contributed by atoms with E-state index in [1.165, 1.54) is 0 Å². The van der Waals surface area contributed by atoms with Gasteiger partial charge in [0.2, 0.25) is 0 Å². The van der Waals surface area contributed by atoms with Crippen LogP contribution in [0, 0.1) is 0 Å². The van der Waals surface area contributed by atoms with E-state index in [2.05, 4.69) is 9.97 Å². The summed E-state index contributed by atoms with van der Waals surface area (Å²) in [6, 6.07) is 4.69. The van der Waals surface area contributed by atoms with Crippen LogP contribution in [0.15, 0.2) is 24.5 Å². The van der Waals surface area contributed by atoms with Crippen LogP contribution in [0.2, 0.25) is 0 Å². The molecule has 0 radical (unpaired) electrons. The molecule has 1 heterocycles. The van der Waals surface area contributed by atoms with Crippen molar-refractivity contribution in [3.8, 4) is 0 Å². The third kappa shape index (κ3) is 3.59. The Balaban J connectivity index is 0.00000128. The molecule has 1 aromatic carbocycles. The van der Waals surface area contributed by atoms with E-state index in [4.69, 9.17) is 10.8 Å². The van der Waals surface area contributed by atoms with Gasteiger partial charge >= 0.3 is 5.97 Å². The second-order valence-electron chi connectivity index (χ2n) is 3.40. The fourth-order valence-corrected chi connectivity index (χ4v) is 1.45. The smallest absolute Gasteiger partial charge is 0.320 e. The van der Waals surface area contributed by atoms with E-state index in [-0.39, 0.29) is 24.8 Å². The maximum absolute atomic E-state index is 10.6. The molecule has 1 unspecified atom stereocenters. The Morgan fingerprint density at radius 2 is 2.18 bits per heavy atom. The zero-order valence-corrected chi connectivity index (χ0v) is 10.4. The molecule has 5 nitrogen and oxygen atoms in total. The maximum atomic E-state index is 10.6. The summed E-state index contributed by atoms with van der Waals surface area (Å²) in [6.07, 6.45) is 1.93. The molecular formula is C10H13Cl2N3O2. The zero-order chi connectivity index (χ0) is 10.8. The fourth-order valence-electron chi connectivity index (χ4n) is 1.45. The summed E-state index contributed by atoms with van der Waals surface area (Å²) < 4.78 is 0. The molecule has 2 rings (SSSR count). The molecule has 0 bridgehead atoms. The van der Waals surface area contributed by atoms with Crippen LogP contribution in [0.25, 0.3) is 11.0 Å². The molecule has 1 atom stereocenters. The van der Waals surface area contributed by atoms with Crippen LogP contribution in [-0.2, 0) is 11.2 Å². The van der Waals surface area contributed by atoms with Crippen LogP contribution in [0.4, 0.5) is 0 Å². The Labute approximate surface area is 110 Å². The molecular weight excluding hydrogens is 265 g/mol. The van der Waals surface area contributed by atoms with Gasteiger partial charge in [-0.05, 0) is 24.1 Å². The first kappa shape index (κ1) is 15.7. The van der Waals surface area contributed by atoms with Crippen molar-refractivity contribution in [2.24, 2.45) is 5.73 Å². The van der Waals surface area contributed by atoms with E-state index in [1.807, 2.05) is 18.2 Å². The molecule has 0 saturated carbocycles. The summed E-state index contributed by atoms with van der Waals surface area (Å²) in [6.45, 7) is 0. The number of nitrogens with two attached hydrogens (primary N) is 1. The Hall–Kier alpha value is -1.30. The number of carbonyl (C=O) groups is 1. The largest absolute Gasteiger partial charge is 0.480 e. The number of rotatable bonds is 3. The molecule has 2 aromatic rings. The number of fused-ring (bicyclic) bond motifs is 1. The summed E-state index contributed by atoms with van der Waals surface area (Å²) in [4.78, 5) is 17.6. The molecule has 4 N–H and O–H groups in total. The molecule has 0 aliphatic heterocycles. The number of aliphatic carboxylic acids is 1. The van der Waals surface area contributed by atoms with Gasteiger partial charge in [0.25, 0.3) is 0 Å². The molecule has 0 aliphatic carbocycles. The molecule has 0 fully saturated rings. The summed E-state index contributed by atoms with van der Waals surface area (Å²) in [7, 11) is 0. The minimum atomic E-state index is -0.986. The second kappa shape index (κ2) is 6.44. The maximum Gasteiger partial charge on any atom is 0.320 e. The lowest BCUT2D eigenvalue weighted by molar-refractivity contribution is -0.138. The van der Waals surface area contributed by atoms with E-state index in [1.54, 1.807) is 6.33 Å². The van der Waals surface area contributed by atoms with E-state index in [0.717, 1.165) is 16.6 Å². The van der Waals surface area contributed by atoms with Crippen LogP contribution in [0.3, 0.4) is 0 Å². The van der Waals surface area contributed by atoms with Gasteiger partial charge in [-0.1, -0.05) is 6.07 Å². The van der Waals surface area contributed by atoms with Gasteiger partial charge in [-0.3, -0.25) is 4.79 Å². The van der Waals surface area contributed by atoms with Gasteiger partial charge in [-0.25, -0.2) is 4.98 Å².